The monoisotopic (exact) mass is 275 g/mol. The van der Waals surface area contributed by atoms with Crippen LogP contribution in [0.5, 0.6) is 0 Å². The van der Waals surface area contributed by atoms with Crippen molar-refractivity contribution in [1.82, 2.24) is 5.32 Å². The van der Waals surface area contributed by atoms with Crippen LogP contribution in [0.15, 0.2) is 0 Å². The molecule has 3 heteroatoms. The van der Waals surface area contributed by atoms with Crippen LogP contribution in [0.1, 0.15) is 72.1 Å². The Kier molecular flexibility index (Phi) is 12.4. The van der Waals surface area contributed by atoms with Gasteiger partial charge < -0.3 is 9.88 Å². The van der Waals surface area contributed by atoms with Gasteiger partial charge in [0.15, 0.2) is 0 Å². The number of unbranched alkanes of at least 4 members (excludes halogenated alkanes) is 5. The zero-order chi connectivity index (χ0) is 13.7. The lowest BCUT2D eigenvalue weighted by molar-refractivity contribution is 0.559. The van der Waals surface area contributed by atoms with Crippen molar-refractivity contribution < 1.29 is 4.57 Å². The van der Waals surface area contributed by atoms with E-state index in [4.69, 9.17) is 0 Å². The van der Waals surface area contributed by atoms with E-state index in [2.05, 4.69) is 26.1 Å². The third-order valence-electron chi connectivity index (χ3n) is 3.45. The molecule has 0 fully saturated rings. The molecule has 110 valence electrons. The minimum Gasteiger partial charge on any atom is -0.322 e. The third-order valence-corrected chi connectivity index (χ3v) is 6.51. The van der Waals surface area contributed by atoms with Gasteiger partial charge in [0.2, 0.25) is 0 Å². The van der Waals surface area contributed by atoms with Gasteiger partial charge in [0.25, 0.3) is 0 Å². The van der Waals surface area contributed by atoms with Crippen LogP contribution in [0.2, 0.25) is 0 Å². The van der Waals surface area contributed by atoms with Crippen molar-refractivity contribution >= 4 is 7.14 Å². The maximum absolute atomic E-state index is 12.9. The molecule has 0 amide bonds. The summed E-state index contributed by atoms with van der Waals surface area (Å²) in [5, 5.41) is 3.42. The molecule has 1 N–H and O–H groups in total. The lowest BCUT2D eigenvalue weighted by atomic mass is 10.3. The Morgan fingerprint density at radius 3 is 1.72 bits per heavy atom. The van der Waals surface area contributed by atoms with Crippen LogP contribution in [-0.4, -0.2) is 25.2 Å². The molecule has 0 atom stereocenters. The van der Waals surface area contributed by atoms with Gasteiger partial charge in [-0.1, -0.05) is 52.9 Å². The van der Waals surface area contributed by atoms with Gasteiger partial charge in [0.1, 0.15) is 7.14 Å². The Bertz CT molecular complexity index is 205. The quantitative estimate of drug-likeness (QED) is 0.375. The number of hydrogen-bond acceptors (Lipinski definition) is 2. The first-order chi connectivity index (χ1) is 8.68. The van der Waals surface area contributed by atoms with E-state index in [0.717, 1.165) is 38.0 Å². The first-order valence-electron chi connectivity index (χ1n) is 7.96. The molecule has 0 saturated heterocycles. The van der Waals surface area contributed by atoms with Crippen molar-refractivity contribution in [1.29, 1.82) is 0 Å². The van der Waals surface area contributed by atoms with Crippen LogP contribution < -0.4 is 5.32 Å². The topological polar surface area (TPSA) is 29.1 Å². The molecule has 2 nitrogen and oxygen atoms in total. The number of nitrogens with one attached hydrogen (secondary N) is 1. The summed E-state index contributed by atoms with van der Waals surface area (Å²) in [7, 11) is -1.93. The van der Waals surface area contributed by atoms with E-state index in [1.807, 2.05) is 0 Å². The van der Waals surface area contributed by atoms with E-state index in [-0.39, 0.29) is 0 Å². The molecule has 0 aromatic carbocycles. The Morgan fingerprint density at radius 1 is 0.778 bits per heavy atom. The molecular formula is C15H34NOP. The summed E-state index contributed by atoms with van der Waals surface area (Å²) < 4.78 is 12.9. The largest absolute Gasteiger partial charge is 0.322 e. The second-order valence-corrected chi connectivity index (χ2v) is 8.76. The highest BCUT2D eigenvalue weighted by Gasteiger charge is 2.20. The minimum atomic E-state index is -1.93. The second kappa shape index (κ2) is 12.2. The highest BCUT2D eigenvalue weighted by atomic mass is 31.2. The molecule has 0 unspecified atom stereocenters. The average molecular weight is 275 g/mol. The van der Waals surface area contributed by atoms with Crippen LogP contribution in [0, 0.1) is 0 Å². The highest BCUT2D eigenvalue weighted by Crippen LogP contribution is 2.46. The number of hydrogen-bond donors (Lipinski definition) is 1. The zero-order valence-corrected chi connectivity index (χ0v) is 13.7. The Hall–Kier alpha value is 0.190. The van der Waals surface area contributed by atoms with Crippen molar-refractivity contribution in [2.45, 2.75) is 72.1 Å². The van der Waals surface area contributed by atoms with E-state index in [9.17, 15) is 4.57 Å². The molecule has 0 rings (SSSR count). The molecule has 0 aromatic heterocycles. The zero-order valence-electron chi connectivity index (χ0n) is 12.8. The van der Waals surface area contributed by atoms with Gasteiger partial charge in [-0.3, -0.25) is 0 Å². The van der Waals surface area contributed by atoms with Crippen molar-refractivity contribution in [2.24, 2.45) is 0 Å². The normalized spacial score (nSPS) is 11.9. The Labute approximate surface area is 115 Å². The summed E-state index contributed by atoms with van der Waals surface area (Å²) in [6.45, 7) is 7.65. The molecule has 0 aliphatic heterocycles. The molecule has 0 bridgehead atoms. The smallest absolute Gasteiger partial charge is 0.101 e. The lowest BCUT2D eigenvalue weighted by Gasteiger charge is -2.19. The Balaban J connectivity index is 3.99. The summed E-state index contributed by atoms with van der Waals surface area (Å²) in [5.74, 6) is 0. The number of rotatable bonds is 13. The summed E-state index contributed by atoms with van der Waals surface area (Å²) in [6.07, 6.45) is 12.3. The maximum Gasteiger partial charge on any atom is 0.101 e. The Morgan fingerprint density at radius 2 is 1.28 bits per heavy atom. The second-order valence-electron chi connectivity index (χ2n) is 5.43. The molecule has 0 aliphatic rings. The fourth-order valence-electron chi connectivity index (χ4n) is 2.15. The van der Waals surface area contributed by atoms with Crippen molar-refractivity contribution in [3.63, 3.8) is 0 Å². The summed E-state index contributed by atoms with van der Waals surface area (Å²) in [4.78, 5) is 0. The molecule has 0 aromatic rings. The molecule has 0 radical (unpaired) electrons. The lowest BCUT2D eigenvalue weighted by Crippen LogP contribution is -2.19. The van der Waals surface area contributed by atoms with E-state index in [0.29, 0.717) is 0 Å². The van der Waals surface area contributed by atoms with Gasteiger partial charge in [-0.25, -0.2) is 0 Å². The SMILES string of the molecule is CCCCCP(=O)(CCCCC)CNCCCC. The fourth-order valence-corrected chi connectivity index (χ4v) is 4.86. The average Bonchev–Trinajstić information content (AvgIpc) is 2.36. The molecular weight excluding hydrogens is 241 g/mol. The first-order valence-corrected chi connectivity index (χ1v) is 10.2. The van der Waals surface area contributed by atoms with Crippen LogP contribution >= 0.6 is 7.14 Å². The van der Waals surface area contributed by atoms with Gasteiger partial charge in [-0.15, -0.1) is 0 Å². The van der Waals surface area contributed by atoms with E-state index in [1.54, 1.807) is 0 Å². The summed E-state index contributed by atoms with van der Waals surface area (Å²) >= 11 is 0. The van der Waals surface area contributed by atoms with Gasteiger partial charge in [0, 0.05) is 18.6 Å². The molecule has 18 heavy (non-hydrogen) atoms. The molecule has 0 heterocycles. The molecule has 0 spiro atoms. The predicted octanol–water partition coefficient (Wildman–Crippen LogP) is 5.08. The van der Waals surface area contributed by atoms with Crippen molar-refractivity contribution in [3.05, 3.63) is 0 Å². The fraction of sp³-hybridized carbons (Fsp3) is 1.00. The van der Waals surface area contributed by atoms with Crippen LogP contribution in [-0.2, 0) is 4.57 Å². The van der Waals surface area contributed by atoms with Gasteiger partial charge in [0.05, 0.1) is 0 Å². The summed E-state index contributed by atoms with van der Waals surface area (Å²) in [5.41, 5.74) is 0. The third kappa shape index (κ3) is 10.1. The van der Waals surface area contributed by atoms with Gasteiger partial charge >= 0.3 is 0 Å². The van der Waals surface area contributed by atoms with Crippen LogP contribution in [0.25, 0.3) is 0 Å². The van der Waals surface area contributed by atoms with Crippen molar-refractivity contribution in [3.8, 4) is 0 Å². The minimum absolute atomic E-state index is 0.778. The van der Waals surface area contributed by atoms with Gasteiger partial charge in [-0.2, -0.15) is 0 Å². The molecule has 0 saturated carbocycles. The van der Waals surface area contributed by atoms with Gasteiger partial charge in [-0.05, 0) is 25.8 Å². The predicted molar refractivity (Wildman–Crippen MR) is 84.2 cm³/mol. The summed E-state index contributed by atoms with van der Waals surface area (Å²) in [6, 6.07) is 0. The standard InChI is InChI=1S/C15H34NOP/c1-4-7-10-13-18(17,14-11-8-5-2)15-16-12-9-6-3/h16H,4-15H2,1-3H3. The van der Waals surface area contributed by atoms with E-state index in [1.165, 1.54) is 38.5 Å². The van der Waals surface area contributed by atoms with Crippen LogP contribution in [0.4, 0.5) is 0 Å². The van der Waals surface area contributed by atoms with Crippen molar-refractivity contribution in [2.75, 3.05) is 25.2 Å². The van der Waals surface area contributed by atoms with E-state index < -0.39 is 7.14 Å². The maximum atomic E-state index is 12.9. The van der Waals surface area contributed by atoms with Crippen LogP contribution in [0.3, 0.4) is 0 Å². The molecule has 0 aliphatic carbocycles. The first kappa shape index (κ1) is 18.2. The van der Waals surface area contributed by atoms with E-state index >= 15 is 0 Å². The highest BCUT2D eigenvalue weighted by molar-refractivity contribution is 7.63.